The van der Waals surface area contributed by atoms with Crippen LogP contribution in [0.2, 0.25) is 0 Å². The molecule has 1 N–H and O–H groups in total. The van der Waals surface area contributed by atoms with Crippen LogP contribution in [0.15, 0.2) is 17.5 Å². The first-order valence-electron chi connectivity index (χ1n) is 6.74. The van der Waals surface area contributed by atoms with Gasteiger partial charge in [0.05, 0.1) is 0 Å². The molecule has 0 bridgehead atoms. The molecule has 2 heterocycles. The second kappa shape index (κ2) is 6.90. The summed E-state index contributed by atoms with van der Waals surface area (Å²) in [5.74, 6) is -0.668. The lowest BCUT2D eigenvalue weighted by Gasteiger charge is -2.35. The number of carbonyl (C=O) groups is 1. The van der Waals surface area contributed by atoms with Crippen molar-refractivity contribution in [2.24, 2.45) is 0 Å². The third kappa shape index (κ3) is 4.10. The number of nitrogens with zero attached hydrogens (tertiary/aromatic N) is 1. The van der Waals surface area contributed by atoms with Crippen molar-refractivity contribution in [3.63, 3.8) is 0 Å². The highest BCUT2D eigenvalue weighted by Crippen LogP contribution is 2.21. The number of carboxylic acid groups (broad SMARTS) is 1. The average Bonchev–Trinajstić information content (AvgIpc) is 2.88. The largest absolute Gasteiger partial charge is 0.481 e. The molecule has 1 saturated heterocycles. The Hall–Kier alpha value is -0.870. The van der Waals surface area contributed by atoms with Gasteiger partial charge in [0.2, 0.25) is 0 Å². The molecule has 1 unspecified atom stereocenters. The molecule has 0 saturated carbocycles. The smallest absolute Gasteiger partial charge is 0.303 e. The lowest BCUT2D eigenvalue weighted by molar-refractivity contribution is -0.137. The molecule has 1 aliphatic rings. The average molecular weight is 267 g/mol. The first kappa shape index (κ1) is 13.6. The van der Waals surface area contributed by atoms with Gasteiger partial charge in [0.25, 0.3) is 0 Å². The van der Waals surface area contributed by atoms with Crippen molar-refractivity contribution >= 4 is 17.3 Å². The highest BCUT2D eigenvalue weighted by Gasteiger charge is 2.22. The first-order chi connectivity index (χ1) is 8.75. The van der Waals surface area contributed by atoms with Gasteiger partial charge in [-0.25, -0.2) is 0 Å². The summed E-state index contributed by atoms with van der Waals surface area (Å²) in [4.78, 5) is 14.6. The van der Waals surface area contributed by atoms with Crippen LogP contribution in [0.25, 0.3) is 0 Å². The van der Waals surface area contributed by atoms with E-state index in [4.69, 9.17) is 5.11 Å². The van der Waals surface area contributed by atoms with Crippen LogP contribution >= 0.6 is 11.3 Å². The molecule has 100 valence electrons. The highest BCUT2D eigenvalue weighted by molar-refractivity contribution is 7.09. The molecule has 1 atom stereocenters. The lowest BCUT2D eigenvalue weighted by atomic mass is 9.97. The fraction of sp³-hybridized carbons (Fsp3) is 0.643. The fourth-order valence-electron chi connectivity index (χ4n) is 2.68. The number of piperidine rings is 1. The standard InChI is InChI=1S/C14H21NO2S/c16-14(17)7-6-12-4-1-2-9-15(12)10-8-13-5-3-11-18-13/h3,5,11-12H,1-2,4,6-10H2,(H,16,17). The van der Waals surface area contributed by atoms with Gasteiger partial charge in [0, 0.05) is 23.9 Å². The van der Waals surface area contributed by atoms with E-state index in [0.717, 1.165) is 32.4 Å². The number of hydrogen-bond donors (Lipinski definition) is 1. The molecule has 1 aromatic rings. The maximum absolute atomic E-state index is 10.7. The van der Waals surface area contributed by atoms with Crippen LogP contribution in [-0.4, -0.2) is 35.1 Å². The Morgan fingerprint density at radius 3 is 3.11 bits per heavy atom. The number of carboxylic acids is 1. The summed E-state index contributed by atoms with van der Waals surface area (Å²) in [6.45, 7) is 2.21. The predicted octanol–water partition coefficient (Wildman–Crippen LogP) is 3.01. The molecule has 2 rings (SSSR count). The van der Waals surface area contributed by atoms with E-state index in [1.165, 1.54) is 17.7 Å². The van der Waals surface area contributed by atoms with Crippen molar-refractivity contribution in [3.05, 3.63) is 22.4 Å². The summed E-state index contributed by atoms with van der Waals surface area (Å²) >= 11 is 1.81. The minimum Gasteiger partial charge on any atom is -0.481 e. The summed E-state index contributed by atoms with van der Waals surface area (Å²) < 4.78 is 0. The molecule has 1 aromatic heterocycles. The number of rotatable bonds is 6. The normalized spacial score (nSPS) is 21.0. The zero-order valence-electron chi connectivity index (χ0n) is 10.7. The summed E-state index contributed by atoms with van der Waals surface area (Å²) in [7, 11) is 0. The van der Waals surface area contributed by atoms with Crippen LogP contribution < -0.4 is 0 Å². The summed E-state index contributed by atoms with van der Waals surface area (Å²) in [5.41, 5.74) is 0. The molecule has 0 aromatic carbocycles. The van der Waals surface area contributed by atoms with E-state index >= 15 is 0 Å². The monoisotopic (exact) mass is 267 g/mol. The molecule has 3 nitrogen and oxygen atoms in total. The summed E-state index contributed by atoms with van der Waals surface area (Å²) in [6.07, 6.45) is 5.88. The van der Waals surface area contributed by atoms with E-state index in [9.17, 15) is 4.79 Å². The van der Waals surface area contributed by atoms with Gasteiger partial charge in [-0.3, -0.25) is 4.79 Å². The SMILES string of the molecule is O=C(O)CCC1CCCCN1CCc1cccs1. The number of hydrogen-bond acceptors (Lipinski definition) is 3. The molecule has 4 heteroatoms. The van der Waals surface area contributed by atoms with Crippen LogP contribution in [0.3, 0.4) is 0 Å². The van der Waals surface area contributed by atoms with Gasteiger partial charge in [0.1, 0.15) is 0 Å². The van der Waals surface area contributed by atoms with Gasteiger partial charge in [-0.1, -0.05) is 12.5 Å². The molecular formula is C14H21NO2S. The van der Waals surface area contributed by atoms with Crippen LogP contribution in [0.4, 0.5) is 0 Å². The Kier molecular flexibility index (Phi) is 5.20. The van der Waals surface area contributed by atoms with Gasteiger partial charge in [-0.15, -0.1) is 11.3 Å². The number of thiophene rings is 1. The van der Waals surface area contributed by atoms with Crippen molar-refractivity contribution in [3.8, 4) is 0 Å². The van der Waals surface area contributed by atoms with E-state index < -0.39 is 5.97 Å². The fourth-order valence-corrected chi connectivity index (χ4v) is 3.38. The van der Waals surface area contributed by atoms with Gasteiger partial charge < -0.3 is 10.0 Å². The highest BCUT2D eigenvalue weighted by atomic mass is 32.1. The zero-order chi connectivity index (χ0) is 12.8. The quantitative estimate of drug-likeness (QED) is 0.861. The number of aliphatic carboxylic acids is 1. The molecule has 18 heavy (non-hydrogen) atoms. The van der Waals surface area contributed by atoms with E-state index in [0.29, 0.717) is 12.5 Å². The molecular weight excluding hydrogens is 246 g/mol. The van der Waals surface area contributed by atoms with E-state index in [-0.39, 0.29) is 0 Å². The van der Waals surface area contributed by atoms with Crippen LogP contribution in [0.1, 0.15) is 37.0 Å². The predicted molar refractivity (Wildman–Crippen MR) is 74.1 cm³/mol. The Morgan fingerprint density at radius 2 is 2.39 bits per heavy atom. The van der Waals surface area contributed by atoms with E-state index in [1.807, 2.05) is 11.3 Å². The van der Waals surface area contributed by atoms with E-state index in [2.05, 4.69) is 22.4 Å². The van der Waals surface area contributed by atoms with E-state index in [1.54, 1.807) is 0 Å². The molecule has 0 radical (unpaired) electrons. The molecule has 0 amide bonds. The van der Waals surface area contributed by atoms with Gasteiger partial charge in [-0.05, 0) is 43.7 Å². The summed E-state index contributed by atoms with van der Waals surface area (Å²) in [6, 6.07) is 4.76. The maximum Gasteiger partial charge on any atom is 0.303 e. The number of likely N-dealkylation sites (tertiary alicyclic amines) is 1. The molecule has 0 spiro atoms. The van der Waals surface area contributed by atoms with Crippen LogP contribution in [0, 0.1) is 0 Å². The third-order valence-electron chi connectivity index (χ3n) is 3.67. The third-order valence-corrected chi connectivity index (χ3v) is 4.60. The van der Waals surface area contributed by atoms with Crippen molar-refractivity contribution in [2.75, 3.05) is 13.1 Å². The minimum absolute atomic E-state index is 0.306. The van der Waals surface area contributed by atoms with Crippen LogP contribution in [-0.2, 0) is 11.2 Å². The van der Waals surface area contributed by atoms with Gasteiger partial charge in [-0.2, -0.15) is 0 Å². The molecule has 0 aliphatic carbocycles. The maximum atomic E-state index is 10.7. The zero-order valence-corrected chi connectivity index (χ0v) is 11.5. The Bertz CT molecular complexity index is 364. The lowest BCUT2D eigenvalue weighted by Crippen LogP contribution is -2.40. The second-order valence-corrected chi connectivity index (χ2v) is 5.98. The van der Waals surface area contributed by atoms with Crippen LogP contribution in [0.5, 0.6) is 0 Å². The Morgan fingerprint density at radius 1 is 1.50 bits per heavy atom. The molecule has 1 fully saturated rings. The minimum atomic E-state index is -0.668. The first-order valence-corrected chi connectivity index (χ1v) is 7.62. The van der Waals surface area contributed by atoms with Crippen molar-refractivity contribution in [2.45, 2.75) is 44.6 Å². The Balaban J connectivity index is 1.81. The molecule has 1 aliphatic heterocycles. The Labute approximate surface area is 112 Å². The van der Waals surface area contributed by atoms with Crippen molar-refractivity contribution in [1.82, 2.24) is 4.90 Å². The topological polar surface area (TPSA) is 40.5 Å². The van der Waals surface area contributed by atoms with Gasteiger partial charge in [0.15, 0.2) is 0 Å². The summed E-state index contributed by atoms with van der Waals surface area (Å²) in [5, 5.41) is 10.9. The van der Waals surface area contributed by atoms with Gasteiger partial charge >= 0.3 is 5.97 Å². The van der Waals surface area contributed by atoms with Crippen molar-refractivity contribution < 1.29 is 9.90 Å². The second-order valence-electron chi connectivity index (χ2n) is 4.95. The van der Waals surface area contributed by atoms with Crippen molar-refractivity contribution in [1.29, 1.82) is 0 Å².